The van der Waals surface area contributed by atoms with Crippen LogP contribution in [0.15, 0.2) is 30.9 Å². The van der Waals surface area contributed by atoms with Gasteiger partial charge in [-0.2, -0.15) is 0 Å². The average molecular weight is 249 g/mol. The monoisotopic (exact) mass is 249 g/mol. The summed E-state index contributed by atoms with van der Waals surface area (Å²) in [5.74, 6) is -0.118. The highest BCUT2D eigenvalue weighted by atomic mass is 19.1. The smallest absolute Gasteiger partial charge is 0.126 e. The molecule has 1 rings (SSSR count). The van der Waals surface area contributed by atoms with Crippen LogP contribution in [0.25, 0.3) is 0 Å². The minimum absolute atomic E-state index is 0.118. The lowest BCUT2D eigenvalue weighted by Gasteiger charge is -2.14. The molecule has 0 heterocycles. The molecule has 0 aromatic heterocycles. The van der Waals surface area contributed by atoms with Gasteiger partial charge in [-0.05, 0) is 56.8 Å². The molecule has 0 spiro atoms. The van der Waals surface area contributed by atoms with Gasteiger partial charge in [0.15, 0.2) is 0 Å². The first-order valence-electron chi connectivity index (χ1n) is 6.75. The van der Waals surface area contributed by atoms with Crippen molar-refractivity contribution in [2.75, 3.05) is 6.54 Å². The van der Waals surface area contributed by atoms with Gasteiger partial charge in [0, 0.05) is 6.04 Å². The van der Waals surface area contributed by atoms with Crippen molar-refractivity contribution in [1.82, 2.24) is 5.32 Å². The van der Waals surface area contributed by atoms with Crippen LogP contribution in [0.2, 0.25) is 0 Å². The number of rotatable bonds is 8. The molecule has 1 nitrogen and oxygen atoms in total. The molecule has 2 heteroatoms. The van der Waals surface area contributed by atoms with Crippen LogP contribution in [-0.4, -0.2) is 6.54 Å². The summed E-state index contributed by atoms with van der Waals surface area (Å²) < 4.78 is 13.4. The number of halogens is 1. The highest BCUT2D eigenvalue weighted by molar-refractivity contribution is 5.25. The Balaban J connectivity index is 2.29. The van der Waals surface area contributed by atoms with Gasteiger partial charge in [0.25, 0.3) is 0 Å². The normalized spacial score (nSPS) is 12.4. The molecule has 1 atom stereocenters. The molecule has 0 bridgehead atoms. The fourth-order valence-electron chi connectivity index (χ4n) is 1.91. The highest BCUT2D eigenvalue weighted by Crippen LogP contribution is 2.16. The first-order valence-corrected chi connectivity index (χ1v) is 6.75. The van der Waals surface area contributed by atoms with E-state index in [9.17, 15) is 4.39 Å². The van der Waals surface area contributed by atoms with Crippen molar-refractivity contribution in [1.29, 1.82) is 0 Å². The Morgan fingerprint density at radius 1 is 1.33 bits per heavy atom. The van der Waals surface area contributed by atoms with Crippen molar-refractivity contribution < 1.29 is 4.39 Å². The van der Waals surface area contributed by atoms with E-state index in [1.807, 2.05) is 18.2 Å². The van der Waals surface area contributed by atoms with Gasteiger partial charge in [0.05, 0.1) is 0 Å². The van der Waals surface area contributed by atoms with Crippen molar-refractivity contribution in [2.45, 2.75) is 45.6 Å². The van der Waals surface area contributed by atoms with Gasteiger partial charge >= 0.3 is 0 Å². The zero-order valence-electron chi connectivity index (χ0n) is 11.5. The van der Waals surface area contributed by atoms with E-state index in [1.54, 1.807) is 13.0 Å². The summed E-state index contributed by atoms with van der Waals surface area (Å²) in [4.78, 5) is 0. The minimum atomic E-state index is -0.118. The molecule has 100 valence electrons. The lowest BCUT2D eigenvalue weighted by atomic mass is 10.1. The number of unbranched alkanes of at least 4 members (excludes halogenated alkanes) is 3. The average Bonchev–Trinajstić information content (AvgIpc) is 2.36. The maximum atomic E-state index is 13.4. The van der Waals surface area contributed by atoms with Gasteiger partial charge < -0.3 is 5.32 Å². The Bertz CT molecular complexity index is 373. The maximum absolute atomic E-state index is 13.4. The fourth-order valence-corrected chi connectivity index (χ4v) is 1.91. The van der Waals surface area contributed by atoms with Crippen LogP contribution in [-0.2, 0) is 0 Å². The summed E-state index contributed by atoms with van der Waals surface area (Å²) in [7, 11) is 0. The molecule has 1 unspecified atom stereocenters. The second-order valence-corrected chi connectivity index (χ2v) is 4.82. The molecule has 0 amide bonds. The summed E-state index contributed by atoms with van der Waals surface area (Å²) in [5.41, 5.74) is 1.72. The number of hydrogen-bond acceptors (Lipinski definition) is 1. The molecular formula is C16H24FN. The van der Waals surface area contributed by atoms with Crippen LogP contribution in [0.1, 0.15) is 49.8 Å². The van der Waals surface area contributed by atoms with E-state index in [1.165, 1.54) is 12.8 Å². The lowest BCUT2D eigenvalue weighted by Crippen LogP contribution is -2.20. The topological polar surface area (TPSA) is 12.0 Å². The van der Waals surface area contributed by atoms with Crippen LogP contribution in [0, 0.1) is 12.7 Å². The van der Waals surface area contributed by atoms with Gasteiger partial charge in [-0.25, -0.2) is 4.39 Å². The minimum Gasteiger partial charge on any atom is -0.310 e. The van der Waals surface area contributed by atoms with Crippen LogP contribution < -0.4 is 5.32 Å². The summed E-state index contributed by atoms with van der Waals surface area (Å²) in [6.45, 7) is 8.56. The van der Waals surface area contributed by atoms with Crippen molar-refractivity contribution in [2.24, 2.45) is 0 Å². The van der Waals surface area contributed by atoms with E-state index in [4.69, 9.17) is 0 Å². The van der Waals surface area contributed by atoms with E-state index >= 15 is 0 Å². The van der Waals surface area contributed by atoms with Gasteiger partial charge in [0.2, 0.25) is 0 Å². The first kappa shape index (κ1) is 14.9. The lowest BCUT2D eigenvalue weighted by molar-refractivity contribution is 0.534. The second-order valence-electron chi connectivity index (χ2n) is 4.82. The SMILES string of the molecule is C=CCCCCCNC(C)c1ccc(C)c(F)c1. The van der Waals surface area contributed by atoms with Crippen molar-refractivity contribution in [3.63, 3.8) is 0 Å². The third-order valence-corrected chi connectivity index (χ3v) is 3.23. The molecule has 1 aromatic carbocycles. The summed E-state index contributed by atoms with van der Waals surface area (Å²) in [6, 6.07) is 5.67. The standard InChI is InChI=1S/C16H24FN/c1-4-5-6-7-8-11-18-14(3)15-10-9-13(2)16(17)12-15/h4,9-10,12,14,18H,1,5-8,11H2,2-3H3. The predicted molar refractivity (Wildman–Crippen MR) is 76.2 cm³/mol. The van der Waals surface area contributed by atoms with Gasteiger partial charge in [-0.1, -0.05) is 24.6 Å². The third kappa shape index (κ3) is 5.01. The Labute approximate surface area is 110 Å². The highest BCUT2D eigenvalue weighted by Gasteiger charge is 2.06. The number of nitrogens with one attached hydrogen (secondary N) is 1. The van der Waals surface area contributed by atoms with Crippen LogP contribution in [0.3, 0.4) is 0 Å². The van der Waals surface area contributed by atoms with E-state index in [-0.39, 0.29) is 11.9 Å². The molecule has 0 saturated heterocycles. The molecule has 0 aliphatic rings. The van der Waals surface area contributed by atoms with E-state index in [0.29, 0.717) is 5.56 Å². The second kappa shape index (κ2) is 8.04. The predicted octanol–water partition coefficient (Wildman–Crippen LogP) is 4.53. The number of aryl methyl sites for hydroxylation is 1. The van der Waals surface area contributed by atoms with E-state index < -0.39 is 0 Å². The van der Waals surface area contributed by atoms with Crippen molar-refractivity contribution in [3.05, 3.63) is 47.8 Å². The molecular weight excluding hydrogens is 225 g/mol. The molecule has 18 heavy (non-hydrogen) atoms. The molecule has 0 fully saturated rings. The molecule has 0 saturated carbocycles. The number of hydrogen-bond donors (Lipinski definition) is 1. The Morgan fingerprint density at radius 3 is 2.78 bits per heavy atom. The molecule has 0 aliphatic carbocycles. The molecule has 1 aromatic rings. The van der Waals surface area contributed by atoms with E-state index in [0.717, 1.165) is 24.9 Å². The van der Waals surface area contributed by atoms with Crippen LogP contribution in [0.5, 0.6) is 0 Å². The van der Waals surface area contributed by atoms with Crippen molar-refractivity contribution in [3.8, 4) is 0 Å². The van der Waals surface area contributed by atoms with E-state index in [2.05, 4.69) is 18.8 Å². The molecule has 0 aliphatic heterocycles. The summed E-state index contributed by atoms with van der Waals surface area (Å²) in [6.07, 6.45) is 6.64. The van der Waals surface area contributed by atoms with Gasteiger partial charge in [-0.3, -0.25) is 0 Å². The Morgan fingerprint density at radius 2 is 2.11 bits per heavy atom. The van der Waals surface area contributed by atoms with Gasteiger partial charge in [-0.15, -0.1) is 6.58 Å². The molecule has 0 radical (unpaired) electrons. The Hall–Kier alpha value is -1.15. The summed E-state index contributed by atoms with van der Waals surface area (Å²) >= 11 is 0. The van der Waals surface area contributed by atoms with Gasteiger partial charge in [0.1, 0.15) is 5.82 Å². The number of allylic oxidation sites excluding steroid dienone is 1. The fraction of sp³-hybridized carbons (Fsp3) is 0.500. The van der Waals surface area contributed by atoms with Crippen molar-refractivity contribution >= 4 is 0 Å². The largest absolute Gasteiger partial charge is 0.310 e. The first-order chi connectivity index (χ1) is 8.65. The molecule has 1 N–H and O–H groups in total. The van der Waals surface area contributed by atoms with Crippen LogP contribution in [0.4, 0.5) is 4.39 Å². The Kier molecular flexibility index (Phi) is 6.66. The maximum Gasteiger partial charge on any atom is 0.126 e. The zero-order chi connectivity index (χ0) is 13.4. The summed E-state index contributed by atoms with van der Waals surface area (Å²) in [5, 5.41) is 3.43. The van der Waals surface area contributed by atoms with Crippen LogP contribution >= 0.6 is 0 Å². The third-order valence-electron chi connectivity index (χ3n) is 3.23. The zero-order valence-corrected chi connectivity index (χ0v) is 11.5. The quantitative estimate of drug-likeness (QED) is 0.527. The number of benzene rings is 1.